The molecule has 118 valence electrons. The van der Waals surface area contributed by atoms with E-state index in [0.29, 0.717) is 5.19 Å². The van der Waals surface area contributed by atoms with Gasteiger partial charge in [-0.05, 0) is 24.6 Å². The van der Waals surface area contributed by atoms with E-state index < -0.39 is 0 Å². The molecule has 1 aromatic carbocycles. The summed E-state index contributed by atoms with van der Waals surface area (Å²) in [5.41, 5.74) is 3.30. The first-order valence-electron chi connectivity index (χ1n) is 6.81. The minimum Gasteiger partial charge on any atom is -0.473 e. The van der Waals surface area contributed by atoms with Crippen LogP contribution in [0.25, 0.3) is 10.2 Å². The van der Waals surface area contributed by atoms with Gasteiger partial charge in [0.1, 0.15) is 0 Å². The van der Waals surface area contributed by atoms with Crippen LogP contribution in [0.2, 0.25) is 0 Å². The number of rotatable bonds is 6. The smallest absolute Gasteiger partial charge is 0.274 e. The minimum atomic E-state index is 0. The molecular formula is C14H18ClN5OS. The van der Waals surface area contributed by atoms with Crippen LogP contribution in [-0.2, 0) is 19.6 Å². The van der Waals surface area contributed by atoms with Gasteiger partial charge >= 0.3 is 0 Å². The molecule has 0 saturated heterocycles. The van der Waals surface area contributed by atoms with E-state index in [1.807, 2.05) is 10.7 Å². The van der Waals surface area contributed by atoms with Crippen LogP contribution >= 0.6 is 23.7 Å². The summed E-state index contributed by atoms with van der Waals surface area (Å²) in [4.78, 5) is 4.37. The molecule has 0 aliphatic rings. The molecule has 1 N–H and O–H groups in total. The molecule has 0 fully saturated rings. The van der Waals surface area contributed by atoms with Crippen molar-refractivity contribution < 1.29 is 4.74 Å². The van der Waals surface area contributed by atoms with Crippen LogP contribution < -0.4 is 10.1 Å². The van der Waals surface area contributed by atoms with Crippen molar-refractivity contribution in [2.75, 3.05) is 7.11 Å². The van der Waals surface area contributed by atoms with Crippen molar-refractivity contribution in [2.24, 2.45) is 0 Å². The maximum Gasteiger partial charge on any atom is 0.274 e. The molecule has 2 heterocycles. The summed E-state index contributed by atoms with van der Waals surface area (Å²) in [7, 11) is 1.64. The predicted molar refractivity (Wildman–Crippen MR) is 89.7 cm³/mol. The molecule has 2 aromatic heterocycles. The minimum absolute atomic E-state index is 0. The van der Waals surface area contributed by atoms with Crippen molar-refractivity contribution in [1.29, 1.82) is 0 Å². The van der Waals surface area contributed by atoms with E-state index in [0.717, 1.165) is 35.5 Å². The van der Waals surface area contributed by atoms with E-state index in [9.17, 15) is 0 Å². The molecule has 6 nitrogen and oxygen atoms in total. The molecule has 0 unspecified atom stereocenters. The second-order valence-electron chi connectivity index (χ2n) is 4.63. The van der Waals surface area contributed by atoms with Crippen molar-refractivity contribution in [3.63, 3.8) is 0 Å². The predicted octanol–water partition coefficient (Wildman–Crippen LogP) is 2.63. The molecule has 22 heavy (non-hydrogen) atoms. The van der Waals surface area contributed by atoms with Crippen molar-refractivity contribution >= 4 is 34.0 Å². The lowest BCUT2D eigenvalue weighted by atomic mass is 10.2. The topological polar surface area (TPSA) is 64.9 Å². The van der Waals surface area contributed by atoms with Crippen LogP contribution in [0.5, 0.6) is 5.19 Å². The first kappa shape index (κ1) is 16.7. The van der Waals surface area contributed by atoms with Crippen LogP contribution in [0.3, 0.4) is 0 Å². The van der Waals surface area contributed by atoms with Crippen molar-refractivity contribution in [3.8, 4) is 5.19 Å². The van der Waals surface area contributed by atoms with Crippen LogP contribution in [-0.4, -0.2) is 27.1 Å². The van der Waals surface area contributed by atoms with Gasteiger partial charge in [0.2, 0.25) is 0 Å². The van der Waals surface area contributed by atoms with Gasteiger partial charge in [-0.25, -0.2) is 9.67 Å². The zero-order valence-electron chi connectivity index (χ0n) is 12.4. The Bertz CT molecular complexity index is 742. The zero-order valence-corrected chi connectivity index (χ0v) is 14.1. The van der Waals surface area contributed by atoms with Gasteiger partial charge in [0.05, 0.1) is 29.2 Å². The Kier molecular flexibility index (Phi) is 5.70. The molecule has 8 heteroatoms. The molecule has 0 aliphatic carbocycles. The number of halogens is 1. The summed E-state index contributed by atoms with van der Waals surface area (Å²) in [5, 5.41) is 12.1. The summed E-state index contributed by atoms with van der Waals surface area (Å²) in [6, 6.07) is 6.27. The molecular weight excluding hydrogens is 322 g/mol. The van der Waals surface area contributed by atoms with Gasteiger partial charge in [-0.3, -0.25) is 0 Å². The molecule has 0 bridgehead atoms. The molecule has 0 atom stereocenters. The first-order valence-corrected chi connectivity index (χ1v) is 7.63. The Morgan fingerprint density at radius 2 is 2.18 bits per heavy atom. The van der Waals surface area contributed by atoms with Gasteiger partial charge in [0.15, 0.2) is 0 Å². The summed E-state index contributed by atoms with van der Waals surface area (Å²) >= 11 is 1.56. The average Bonchev–Trinajstić information content (AvgIpc) is 3.12. The fourth-order valence-electron chi connectivity index (χ4n) is 2.16. The standard InChI is InChI=1S/C14H17N5OS.ClH/c1-3-19-11(9-16-18-19)8-15-7-10-4-5-12-13(6-10)21-14(17-12)20-2;/h4-6,9,15H,3,7-8H2,1-2H3;1H. The third-order valence-electron chi connectivity index (χ3n) is 3.24. The van der Waals surface area contributed by atoms with Gasteiger partial charge in [0, 0.05) is 19.6 Å². The molecule has 0 radical (unpaired) electrons. The van der Waals surface area contributed by atoms with E-state index in [1.165, 1.54) is 5.56 Å². The fraction of sp³-hybridized carbons (Fsp3) is 0.357. The summed E-state index contributed by atoms with van der Waals surface area (Å²) < 4.78 is 8.21. The number of thiazole rings is 1. The van der Waals surface area contributed by atoms with Crippen LogP contribution in [0.4, 0.5) is 0 Å². The maximum absolute atomic E-state index is 5.17. The third kappa shape index (κ3) is 3.55. The Morgan fingerprint density at radius 3 is 2.95 bits per heavy atom. The van der Waals surface area contributed by atoms with Crippen molar-refractivity contribution in [1.82, 2.24) is 25.3 Å². The monoisotopic (exact) mass is 339 g/mol. The Balaban J connectivity index is 0.00000176. The fourth-order valence-corrected chi connectivity index (χ4v) is 3.01. The quantitative estimate of drug-likeness (QED) is 0.748. The SMILES string of the molecule is CCn1nncc1CNCc1ccc2nc(OC)sc2c1.Cl. The second-order valence-corrected chi connectivity index (χ2v) is 5.62. The van der Waals surface area contributed by atoms with Crippen LogP contribution in [0, 0.1) is 0 Å². The van der Waals surface area contributed by atoms with Gasteiger partial charge in [-0.1, -0.05) is 22.6 Å². The Morgan fingerprint density at radius 1 is 1.32 bits per heavy atom. The Labute approximate surface area is 138 Å². The van der Waals surface area contributed by atoms with E-state index in [1.54, 1.807) is 24.6 Å². The van der Waals surface area contributed by atoms with E-state index in [-0.39, 0.29) is 12.4 Å². The highest BCUT2D eigenvalue weighted by atomic mass is 35.5. The van der Waals surface area contributed by atoms with Gasteiger partial charge < -0.3 is 10.1 Å². The first-order chi connectivity index (χ1) is 10.3. The van der Waals surface area contributed by atoms with Gasteiger partial charge in [-0.15, -0.1) is 17.5 Å². The lowest BCUT2D eigenvalue weighted by Gasteiger charge is -2.06. The lowest BCUT2D eigenvalue weighted by molar-refractivity contribution is 0.413. The molecule has 3 aromatic rings. The summed E-state index contributed by atoms with van der Waals surface area (Å²) in [6.45, 7) is 4.45. The van der Waals surface area contributed by atoms with Crippen LogP contribution in [0.1, 0.15) is 18.2 Å². The highest BCUT2D eigenvalue weighted by Gasteiger charge is 2.05. The maximum atomic E-state index is 5.17. The largest absolute Gasteiger partial charge is 0.473 e. The van der Waals surface area contributed by atoms with Crippen molar-refractivity contribution in [2.45, 2.75) is 26.6 Å². The molecule has 0 saturated carbocycles. The van der Waals surface area contributed by atoms with Gasteiger partial charge in [0.25, 0.3) is 5.19 Å². The number of benzene rings is 1. The number of nitrogens with zero attached hydrogens (tertiary/aromatic N) is 4. The lowest BCUT2D eigenvalue weighted by Crippen LogP contribution is -2.16. The van der Waals surface area contributed by atoms with E-state index in [4.69, 9.17) is 4.74 Å². The van der Waals surface area contributed by atoms with Crippen molar-refractivity contribution in [3.05, 3.63) is 35.7 Å². The number of nitrogens with one attached hydrogen (secondary N) is 1. The number of ether oxygens (including phenoxy) is 1. The molecule has 3 rings (SSSR count). The number of aryl methyl sites for hydroxylation is 1. The highest BCUT2D eigenvalue weighted by molar-refractivity contribution is 7.20. The van der Waals surface area contributed by atoms with Gasteiger partial charge in [-0.2, -0.15) is 0 Å². The number of methoxy groups -OCH3 is 1. The highest BCUT2D eigenvalue weighted by Crippen LogP contribution is 2.28. The zero-order chi connectivity index (χ0) is 14.7. The number of fused-ring (bicyclic) bond motifs is 1. The van der Waals surface area contributed by atoms with E-state index >= 15 is 0 Å². The second kappa shape index (κ2) is 7.53. The molecule has 0 aliphatic heterocycles. The Hall–Kier alpha value is -1.70. The molecule has 0 amide bonds. The summed E-state index contributed by atoms with van der Waals surface area (Å²) in [5.74, 6) is 0. The summed E-state index contributed by atoms with van der Waals surface area (Å²) in [6.07, 6.45) is 1.80. The normalized spacial score (nSPS) is 10.6. The van der Waals surface area contributed by atoms with E-state index in [2.05, 4.69) is 39.7 Å². The van der Waals surface area contributed by atoms with Crippen LogP contribution in [0.15, 0.2) is 24.4 Å². The number of aromatic nitrogens is 4. The molecule has 0 spiro atoms. The number of hydrogen-bond acceptors (Lipinski definition) is 6. The average molecular weight is 340 g/mol. The third-order valence-corrected chi connectivity index (χ3v) is 4.22. The number of hydrogen-bond donors (Lipinski definition) is 1.